The highest BCUT2D eigenvalue weighted by Gasteiger charge is 2.21. The number of amides is 2. The molecule has 0 unspecified atom stereocenters. The van der Waals surface area contributed by atoms with Crippen LogP contribution in [0.5, 0.6) is 5.75 Å². The van der Waals surface area contributed by atoms with Crippen molar-refractivity contribution in [3.8, 4) is 5.75 Å². The zero-order valence-corrected chi connectivity index (χ0v) is 18.0. The van der Waals surface area contributed by atoms with Crippen LogP contribution in [0.15, 0.2) is 57.5 Å². The van der Waals surface area contributed by atoms with Crippen molar-refractivity contribution in [2.45, 2.75) is 19.4 Å². The van der Waals surface area contributed by atoms with E-state index >= 15 is 0 Å². The number of carbonyl (C=O) groups excluding carboxylic acids is 2. The van der Waals surface area contributed by atoms with Crippen molar-refractivity contribution in [3.63, 3.8) is 0 Å². The van der Waals surface area contributed by atoms with Gasteiger partial charge in [0.1, 0.15) is 11.9 Å². The van der Waals surface area contributed by atoms with E-state index in [0.717, 1.165) is 11.6 Å². The lowest BCUT2D eigenvalue weighted by atomic mass is 10.0. The minimum atomic E-state index is -0.887. The maximum Gasteiger partial charge on any atom is 0.412 e. The normalized spacial score (nSPS) is 11.9. The molecular weight excluding hydrogens is 496 g/mol. The number of hydrogen-bond donors (Lipinski definition) is 4. The average molecular weight is 514 g/mol. The minimum Gasteiger partial charge on any atom is -0.506 e. The highest BCUT2D eigenvalue weighted by atomic mass is 79.9. The second kappa shape index (κ2) is 10.3. The molecule has 0 radical (unpaired) electrons. The van der Waals surface area contributed by atoms with Crippen LogP contribution < -0.4 is 10.8 Å². The molecule has 0 heterocycles. The molecule has 0 aliphatic heterocycles. The van der Waals surface area contributed by atoms with Gasteiger partial charge in [-0.05, 0) is 47.1 Å². The van der Waals surface area contributed by atoms with Gasteiger partial charge in [-0.1, -0.05) is 39.7 Å². The maximum absolute atomic E-state index is 12.3. The Hall–Kier alpha value is -2.36. The molecule has 0 aromatic heterocycles. The number of aryl methyl sites for hydroxylation is 1. The summed E-state index contributed by atoms with van der Waals surface area (Å²) in [5.74, 6) is -0.807. The van der Waals surface area contributed by atoms with Gasteiger partial charge in [-0.25, -0.2) is 10.3 Å². The molecule has 0 fully saturated rings. The van der Waals surface area contributed by atoms with Gasteiger partial charge in [0.15, 0.2) is 0 Å². The van der Waals surface area contributed by atoms with E-state index in [0.29, 0.717) is 20.2 Å². The summed E-state index contributed by atoms with van der Waals surface area (Å²) in [6.07, 6.45) is 0.999. The van der Waals surface area contributed by atoms with E-state index in [4.69, 9.17) is 9.94 Å². The number of halogens is 2. The predicted molar refractivity (Wildman–Crippen MR) is 111 cm³/mol. The molecule has 0 aliphatic rings. The Morgan fingerprint density at radius 1 is 1.21 bits per heavy atom. The van der Waals surface area contributed by atoms with Crippen LogP contribution >= 0.6 is 31.9 Å². The summed E-state index contributed by atoms with van der Waals surface area (Å²) in [5.41, 5.74) is 3.43. The van der Waals surface area contributed by atoms with Crippen LogP contribution in [0.1, 0.15) is 23.7 Å². The van der Waals surface area contributed by atoms with Crippen molar-refractivity contribution >= 4 is 49.5 Å². The Morgan fingerprint density at radius 2 is 1.89 bits per heavy atom. The van der Waals surface area contributed by atoms with Gasteiger partial charge in [-0.3, -0.25) is 15.3 Å². The van der Waals surface area contributed by atoms with Crippen LogP contribution in [0.2, 0.25) is 0 Å². The van der Waals surface area contributed by atoms with Gasteiger partial charge in [0.2, 0.25) is 0 Å². The SMILES string of the molecule is Cc1ccc(NC(=O)O[C@H](C/C=C/C(=O)NO)c2cc(Br)cc(Br)c2O)cc1. The van der Waals surface area contributed by atoms with Crippen molar-refractivity contribution in [1.29, 1.82) is 0 Å². The van der Waals surface area contributed by atoms with E-state index in [9.17, 15) is 14.7 Å². The van der Waals surface area contributed by atoms with E-state index < -0.39 is 18.1 Å². The van der Waals surface area contributed by atoms with E-state index in [1.165, 1.54) is 11.6 Å². The van der Waals surface area contributed by atoms with E-state index in [2.05, 4.69) is 37.2 Å². The van der Waals surface area contributed by atoms with Crippen LogP contribution in [-0.4, -0.2) is 22.3 Å². The summed E-state index contributed by atoms with van der Waals surface area (Å²) in [6, 6.07) is 10.4. The number of nitrogens with one attached hydrogen (secondary N) is 2. The third-order valence-corrected chi connectivity index (χ3v) is 4.74. The van der Waals surface area contributed by atoms with E-state index in [-0.39, 0.29) is 12.2 Å². The molecule has 2 aromatic rings. The Bertz CT molecular complexity index is 885. The first-order valence-electron chi connectivity index (χ1n) is 8.13. The summed E-state index contributed by atoms with van der Waals surface area (Å²) in [7, 11) is 0. The zero-order valence-electron chi connectivity index (χ0n) is 14.8. The molecule has 0 spiro atoms. The molecule has 0 aliphatic carbocycles. The molecule has 9 heteroatoms. The third kappa shape index (κ3) is 6.36. The molecule has 0 saturated carbocycles. The fraction of sp³-hybridized carbons (Fsp3) is 0.158. The van der Waals surface area contributed by atoms with E-state index in [1.807, 2.05) is 19.1 Å². The predicted octanol–water partition coefficient (Wildman–Crippen LogP) is 4.97. The quantitative estimate of drug-likeness (QED) is 0.248. The monoisotopic (exact) mass is 512 g/mol. The Kier molecular flexibility index (Phi) is 8.04. The second-order valence-electron chi connectivity index (χ2n) is 5.82. The lowest BCUT2D eigenvalue weighted by Crippen LogP contribution is -2.18. The molecule has 4 N–H and O–H groups in total. The number of hydroxylamine groups is 1. The Morgan fingerprint density at radius 3 is 2.54 bits per heavy atom. The Labute approximate surface area is 178 Å². The first kappa shape index (κ1) is 21.9. The topological polar surface area (TPSA) is 108 Å². The van der Waals surface area contributed by atoms with Crippen LogP contribution in [0.4, 0.5) is 10.5 Å². The molecule has 148 valence electrons. The molecule has 7 nitrogen and oxygen atoms in total. The molecule has 28 heavy (non-hydrogen) atoms. The standard InChI is InChI=1S/C19H18Br2N2O5/c1-11-5-7-13(8-6-11)22-19(26)28-16(3-2-4-17(24)23-27)14-9-12(20)10-15(21)18(14)25/h2,4-10,16,25,27H,3H2,1H3,(H,22,26)(H,23,24)/b4-2+/t16-/m1/s1. The number of carbonyl (C=O) groups is 2. The summed E-state index contributed by atoms with van der Waals surface area (Å²) in [4.78, 5) is 23.5. The fourth-order valence-electron chi connectivity index (χ4n) is 2.32. The van der Waals surface area contributed by atoms with Crippen LogP contribution in [-0.2, 0) is 9.53 Å². The highest BCUT2D eigenvalue weighted by Crippen LogP contribution is 2.38. The van der Waals surface area contributed by atoms with Crippen LogP contribution in [0.25, 0.3) is 0 Å². The zero-order chi connectivity index (χ0) is 20.7. The van der Waals surface area contributed by atoms with Crippen molar-refractivity contribution in [3.05, 3.63) is 68.6 Å². The summed E-state index contributed by atoms with van der Waals surface area (Å²) >= 11 is 6.58. The molecule has 2 amide bonds. The lowest BCUT2D eigenvalue weighted by Gasteiger charge is -2.19. The van der Waals surface area contributed by atoms with Crippen LogP contribution in [0, 0.1) is 6.92 Å². The van der Waals surface area contributed by atoms with E-state index in [1.54, 1.807) is 24.3 Å². The summed E-state index contributed by atoms with van der Waals surface area (Å²) < 4.78 is 6.56. The van der Waals surface area contributed by atoms with Crippen molar-refractivity contribution in [2.24, 2.45) is 0 Å². The Balaban J connectivity index is 2.22. The smallest absolute Gasteiger partial charge is 0.412 e. The van der Waals surface area contributed by atoms with Gasteiger partial charge in [-0.15, -0.1) is 0 Å². The van der Waals surface area contributed by atoms with Gasteiger partial charge in [0.25, 0.3) is 5.91 Å². The number of phenols is 1. The van der Waals surface area contributed by atoms with Crippen molar-refractivity contribution in [1.82, 2.24) is 5.48 Å². The maximum atomic E-state index is 12.3. The number of hydrogen-bond acceptors (Lipinski definition) is 5. The molecule has 1 atom stereocenters. The summed E-state index contributed by atoms with van der Waals surface area (Å²) in [5, 5.41) is 21.5. The van der Waals surface area contributed by atoms with Gasteiger partial charge in [-0.2, -0.15) is 0 Å². The van der Waals surface area contributed by atoms with Crippen molar-refractivity contribution in [2.75, 3.05) is 5.32 Å². The molecule has 0 bridgehead atoms. The number of ether oxygens (including phenoxy) is 1. The van der Waals surface area contributed by atoms with Crippen molar-refractivity contribution < 1.29 is 24.6 Å². The lowest BCUT2D eigenvalue weighted by molar-refractivity contribution is -0.124. The number of phenolic OH excluding ortho intramolecular Hbond substituents is 1. The highest BCUT2D eigenvalue weighted by molar-refractivity contribution is 9.11. The molecular formula is C19H18Br2N2O5. The average Bonchev–Trinajstić information content (AvgIpc) is 2.65. The first-order chi connectivity index (χ1) is 13.3. The fourth-order valence-corrected chi connectivity index (χ4v) is 3.58. The van der Waals surface area contributed by atoms with Gasteiger partial charge in [0, 0.05) is 28.2 Å². The summed E-state index contributed by atoms with van der Waals surface area (Å²) in [6.45, 7) is 1.93. The molecule has 0 saturated heterocycles. The second-order valence-corrected chi connectivity index (χ2v) is 7.59. The van der Waals surface area contributed by atoms with Gasteiger partial charge < -0.3 is 9.84 Å². The van der Waals surface area contributed by atoms with Gasteiger partial charge in [0.05, 0.1) is 4.47 Å². The molecule has 2 rings (SSSR count). The number of rotatable bonds is 6. The van der Waals surface area contributed by atoms with Crippen LogP contribution in [0.3, 0.4) is 0 Å². The number of aromatic hydroxyl groups is 1. The number of benzene rings is 2. The minimum absolute atomic E-state index is 0.0867. The van der Waals surface area contributed by atoms with Gasteiger partial charge >= 0.3 is 6.09 Å². The largest absolute Gasteiger partial charge is 0.506 e. The number of anilines is 1. The first-order valence-corrected chi connectivity index (χ1v) is 9.71. The molecule has 2 aromatic carbocycles. The third-order valence-electron chi connectivity index (χ3n) is 3.68.